The summed E-state index contributed by atoms with van der Waals surface area (Å²) < 4.78 is 1.95. The predicted octanol–water partition coefficient (Wildman–Crippen LogP) is 2.12. The number of aryl methyl sites for hydroxylation is 2. The molecule has 2 N–H and O–H groups in total. The SMILES string of the molecule is CCC(CC)(CN)CCc1ccnn1C. The summed E-state index contributed by atoms with van der Waals surface area (Å²) in [5.74, 6) is 0. The molecule has 0 aliphatic rings. The molecule has 1 heterocycles. The molecule has 86 valence electrons. The first-order valence-corrected chi connectivity index (χ1v) is 5.84. The fourth-order valence-electron chi connectivity index (χ4n) is 2.03. The zero-order valence-corrected chi connectivity index (χ0v) is 10.2. The van der Waals surface area contributed by atoms with Gasteiger partial charge in [-0.25, -0.2) is 0 Å². The molecule has 0 amide bonds. The van der Waals surface area contributed by atoms with E-state index in [2.05, 4.69) is 25.0 Å². The Morgan fingerprint density at radius 3 is 2.47 bits per heavy atom. The van der Waals surface area contributed by atoms with Crippen molar-refractivity contribution in [1.82, 2.24) is 9.78 Å². The number of nitrogens with two attached hydrogens (primary N) is 1. The van der Waals surface area contributed by atoms with Crippen LogP contribution in [-0.4, -0.2) is 16.3 Å². The standard InChI is InChI=1S/C12H23N3/c1-4-12(5-2,10-13)8-6-11-7-9-14-15(11)3/h7,9H,4-6,8,10,13H2,1-3H3. The van der Waals surface area contributed by atoms with Gasteiger partial charge in [-0.15, -0.1) is 0 Å². The lowest BCUT2D eigenvalue weighted by Gasteiger charge is -2.30. The van der Waals surface area contributed by atoms with Crippen LogP contribution in [0.3, 0.4) is 0 Å². The molecule has 0 saturated carbocycles. The summed E-state index contributed by atoms with van der Waals surface area (Å²) in [5.41, 5.74) is 7.51. The second kappa shape index (κ2) is 5.31. The third-order valence-electron chi connectivity index (χ3n) is 3.77. The third kappa shape index (κ3) is 2.81. The molecule has 0 atom stereocenters. The van der Waals surface area contributed by atoms with Gasteiger partial charge in [-0.05, 0) is 43.7 Å². The second-order valence-corrected chi connectivity index (χ2v) is 4.36. The maximum atomic E-state index is 5.88. The summed E-state index contributed by atoms with van der Waals surface area (Å²) in [6, 6.07) is 2.09. The van der Waals surface area contributed by atoms with Crippen molar-refractivity contribution in [3.63, 3.8) is 0 Å². The second-order valence-electron chi connectivity index (χ2n) is 4.36. The molecule has 3 heteroatoms. The van der Waals surface area contributed by atoms with Gasteiger partial charge in [0.15, 0.2) is 0 Å². The Bertz CT molecular complexity index is 279. The van der Waals surface area contributed by atoms with Gasteiger partial charge in [-0.1, -0.05) is 13.8 Å². The van der Waals surface area contributed by atoms with Crippen LogP contribution in [-0.2, 0) is 13.5 Å². The lowest BCUT2D eigenvalue weighted by Crippen LogP contribution is -2.30. The van der Waals surface area contributed by atoms with Crippen LogP contribution >= 0.6 is 0 Å². The molecular formula is C12H23N3. The van der Waals surface area contributed by atoms with Crippen LogP contribution in [0.15, 0.2) is 12.3 Å². The topological polar surface area (TPSA) is 43.8 Å². The molecule has 1 aromatic heterocycles. The number of hydrogen-bond acceptors (Lipinski definition) is 2. The smallest absolute Gasteiger partial charge is 0.0492 e. The molecule has 0 bridgehead atoms. The molecule has 0 radical (unpaired) electrons. The first-order chi connectivity index (χ1) is 7.17. The average Bonchev–Trinajstić information content (AvgIpc) is 2.67. The number of hydrogen-bond donors (Lipinski definition) is 1. The van der Waals surface area contributed by atoms with Crippen molar-refractivity contribution in [2.45, 2.75) is 39.5 Å². The van der Waals surface area contributed by atoms with Crippen molar-refractivity contribution in [2.24, 2.45) is 18.2 Å². The van der Waals surface area contributed by atoms with E-state index in [0.717, 1.165) is 32.2 Å². The van der Waals surface area contributed by atoms with Crippen LogP contribution in [0.2, 0.25) is 0 Å². The summed E-state index contributed by atoms with van der Waals surface area (Å²) in [7, 11) is 2.00. The highest BCUT2D eigenvalue weighted by Crippen LogP contribution is 2.30. The molecule has 3 nitrogen and oxygen atoms in total. The maximum absolute atomic E-state index is 5.88. The maximum Gasteiger partial charge on any atom is 0.0492 e. The van der Waals surface area contributed by atoms with Crippen molar-refractivity contribution in [1.29, 1.82) is 0 Å². The Labute approximate surface area is 92.7 Å². The summed E-state index contributed by atoms with van der Waals surface area (Å²) >= 11 is 0. The Kier molecular flexibility index (Phi) is 4.33. The summed E-state index contributed by atoms with van der Waals surface area (Å²) in [6.45, 7) is 5.26. The number of rotatable bonds is 6. The van der Waals surface area contributed by atoms with Gasteiger partial charge in [-0.2, -0.15) is 5.10 Å². The van der Waals surface area contributed by atoms with Crippen LogP contribution in [0.5, 0.6) is 0 Å². The van der Waals surface area contributed by atoms with E-state index in [1.165, 1.54) is 5.69 Å². The van der Waals surface area contributed by atoms with Crippen LogP contribution in [0.25, 0.3) is 0 Å². The Hall–Kier alpha value is -0.830. The van der Waals surface area contributed by atoms with Gasteiger partial charge in [0, 0.05) is 18.9 Å². The Morgan fingerprint density at radius 2 is 2.07 bits per heavy atom. The van der Waals surface area contributed by atoms with Gasteiger partial charge in [-0.3, -0.25) is 4.68 Å². The van der Waals surface area contributed by atoms with E-state index in [-0.39, 0.29) is 0 Å². The van der Waals surface area contributed by atoms with E-state index in [4.69, 9.17) is 5.73 Å². The van der Waals surface area contributed by atoms with Crippen LogP contribution in [0, 0.1) is 5.41 Å². The van der Waals surface area contributed by atoms with Gasteiger partial charge in [0.1, 0.15) is 0 Å². The highest BCUT2D eigenvalue weighted by Gasteiger charge is 2.24. The minimum absolute atomic E-state index is 0.324. The van der Waals surface area contributed by atoms with Crippen molar-refractivity contribution in [3.8, 4) is 0 Å². The minimum Gasteiger partial charge on any atom is -0.330 e. The molecule has 0 aliphatic carbocycles. The zero-order valence-electron chi connectivity index (χ0n) is 10.2. The van der Waals surface area contributed by atoms with Crippen LogP contribution in [0.4, 0.5) is 0 Å². The molecule has 0 unspecified atom stereocenters. The van der Waals surface area contributed by atoms with Crippen molar-refractivity contribution >= 4 is 0 Å². The third-order valence-corrected chi connectivity index (χ3v) is 3.77. The fourth-order valence-corrected chi connectivity index (χ4v) is 2.03. The largest absolute Gasteiger partial charge is 0.330 e. The zero-order chi connectivity index (χ0) is 11.3. The predicted molar refractivity (Wildman–Crippen MR) is 63.6 cm³/mol. The summed E-state index contributed by atoms with van der Waals surface area (Å²) in [5, 5.41) is 4.18. The van der Waals surface area contributed by atoms with E-state index in [0.29, 0.717) is 5.41 Å². The molecule has 1 rings (SSSR count). The molecule has 15 heavy (non-hydrogen) atoms. The highest BCUT2D eigenvalue weighted by molar-refractivity contribution is 5.01. The lowest BCUT2D eigenvalue weighted by atomic mass is 9.78. The Balaban J connectivity index is 2.58. The van der Waals surface area contributed by atoms with Gasteiger partial charge < -0.3 is 5.73 Å². The average molecular weight is 209 g/mol. The Morgan fingerprint density at radius 1 is 1.40 bits per heavy atom. The molecule has 1 aromatic rings. The molecule has 0 aliphatic heterocycles. The normalized spacial score (nSPS) is 12.0. The van der Waals surface area contributed by atoms with E-state index in [1.807, 2.05) is 17.9 Å². The van der Waals surface area contributed by atoms with Crippen molar-refractivity contribution < 1.29 is 0 Å². The molecule has 0 saturated heterocycles. The van der Waals surface area contributed by atoms with Gasteiger partial charge in [0.25, 0.3) is 0 Å². The number of aromatic nitrogens is 2. The monoisotopic (exact) mass is 209 g/mol. The molecular weight excluding hydrogens is 186 g/mol. The lowest BCUT2D eigenvalue weighted by molar-refractivity contribution is 0.249. The van der Waals surface area contributed by atoms with Crippen LogP contribution in [0.1, 0.15) is 38.8 Å². The van der Waals surface area contributed by atoms with E-state index in [1.54, 1.807) is 0 Å². The number of nitrogens with zero attached hydrogens (tertiary/aromatic N) is 2. The first kappa shape index (κ1) is 12.2. The molecule has 0 spiro atoms. The summed E-state index contributed by atoms with van der Waals surface area (Å²) in [4.78, 5) is 0. The van der Waals surface area contributed by atoms with E-state index in [9.17, 15) is 0 Å². The van der Waals surface area contributed by atoms with Crippen LogP contribution < -0.4 is 5.73 Å². The van der Waals surface area contributed by atoms with Crippen molar-refractivity contribution in [2.75, 3.05) is 6.54 Å². The fraction of sp³-hybridized carbons (Fsp3) is 0.750. The molecule has 0 aromatic carbocycles. The van der Waals surface area contributed by atoms with Gasteiger partial charge in [0.05, 0.1) is 0 Å². The van der Waals surface area contributed by atoms with Gasteiger partial charge >= 0.3 is 0 Å². The summed E-state index contributed by atoms with van der Waals surface area (Å²) in [6.07, 6.45) is 6.43. The van der Waals surface area contributed by atoms with Gasteiger partial charge in [0.2, 0.25) is 0 Å². The van der Waals surface area contributed by atoms with E-state index >= 15 is 0 Å². The minimum atomic E-state index is 0.324. The quantitative estimate of drug-likeness (QED) is 0.780. The van der Waals surface area contributed by atoms with Crippen molar-refractivity contribution in [3.05, 3.63) is 18.0 Å². The molecule has 0 fully saturated rings. The first-order valence-electron chi connectivity index (χ1n) is 5.84. The highest BCUT2D eigenvalue weighted by atomic mass is 15.2. The van der Waals surface area contributed by atoms with E-state index < -0.39 is 0 Å².